The van der Waals surface area contributed by atoms with Gasteiger partial charge in [0, 0.05) is 57.4 Å². The van der Waals surface area contributed by atoms with Crippen LogP contribution in [0.5, 0.6) is 5.88 Å². The zero-order valence-electron chi connectivity index (χ0n) is 15.3. The summed E-state index contributed by atoms with van der Waals surface area (Å²) in [7, 11) is 1.61. The highest BCUT2D eigenvalue weighted by Crippen LogP contribution is 2.11. The SMILES string of the molecule is CCNC(=NCc1ccc(OC)nc1)N1CCN(c2ncccn2)CC1. The molecule has 2 aromatic heterocycles. The zero-order valence-corrected chi connectivity index (χ0v) is 15.3. The monoisotopic (exact) mass is 355 g/mol. The van der Waals surface area contributed by atoms with E-state index in [1.165, 1.54) is 0 Å². The Labute approximate surface area is 154 Å². The Morgan fingerprint density at radius 2 is 1.92 bits per heavy atom. The van der Waals surface area contributed by atoms with Crippen molar-refractivity contribution in [2.24, 2.45) is 4.99 Å². The average Bonchev–Trinajstić information content (AvgIpc) is 2.72. The number of nitrogens with one attached hydrogen (secondary N) is 1. The number of piperazine rings is 1. The van der Waals surface area contributed by atoms with Crippen molar-refractivity contribution in [1.29, 1.82) is 0 Å². The number of aliphatic imine (C=N–C) groups is 1. The van der Waals surface area contributed by atoms with Gasteiger partial charge in [-0.3, -0.25) is 0 Å². The topological polar surface area (TPSA) is 78.8 Å². The van der Waals surface area contributed by atoms with Crippen molar-refractivity contribution in [3.05, 3.63) is 42.4 Å². The molecular formula is C18H25N7O. The van der Waals surface area contributed by atoms with Crippen molar-refractivity contribution in [3.63, 3.8) is 0 Å². The van der Waals surface area contributed by atoms with Crippen LogP contribution in [0.3, 0.4) is 0 Å². The number of ether oxygens (including phenoxy) is 1. The molecule has 8 heteroatoms. The van der Waals surface area contributed by atoms with E-state index in [2.05, 4.69) is 37.0 Å². The van der Waals surface area contributed by atoms with Gasteiger partial charge in [0.1, 0.15) is 0 Å². The molecule has 0 spiro atoms. The third-order valence-corrected chi connectivity index (χ3v) is 4.17. The molecule has 0 aliphatic carbocycles. The van der Waals surface area contributed by atoms with Crippen molar-refractivity contribution in [2.75, 3.05) is 44.7 Å². The molecule has 0 bridgehead atoms. The smallest absolute Gasteiger partial charge is 0.225 e. The van der Waals surface area contributed by atoms with E-state index in [-0.39, 0.29) is 0 Å². The van der Waals surface area contributed by atoms with Crippen LogP contribution in [-0.2, 0) is 6.54 Å². The van der Waals surface area contributed by atoms with E-state index >= 15 is 0 Å². The predicted octanol–water partition coefficient (Wildman–Crippen LogP) is 1.17. The minimum atomic E-state index is 0.585. The van der Waals surface area contributed by atoms with Crippen LogP contribution in [0.15, 0.2) is 41.8 Å². The third kappa shape index (κ3) is 4.59. The van der Waals surface area contributed by atoms with Crippen LogP contribution < -0.4 is 15.0 Å². The van der Waals surface area contributed by atoms with Crippen LogP contribution in [0.1, 0.15) is 12.5 Å². The van der Waals surface area contributed by atoms with E-state index in [4.69, 9.17) is 9.73 Å². The summed E-state index contributed by atoms with van der Waals surface area (Å²) in [5.41, 5.74) is 1.05. The van der Waals surface area contributed by atoms with Gasteiger partial charge in [-0.15, -0.1) is 0 Å². The summed E-state index contributed by atoms with van der Waals surface area (Å²) in [6, 6.07) is 5.68. The van der Waals surface area contributed by atoms with Gasteiger partial charge in [-0.2, -0.15) is 0 Å². The lowest BCUT2D eigenvalue weighted by Gasteiger charge is -2.36. The highest BCUT2D eigenvalue weighted by atomic mass is 16.5. The molecule has 138 valence electrons. The van der Waals surface area contributed by atoms with E-state index in [1.54, 1.807) is 25.7 Å². The van der Waals surface area contributed by atoms with E-state index < -0.39 is 0 Å². The Morgan fingerprint density at radius 3 is 2.54 bits per heavy atom. The Kier molecular flexibility index (Phi) is 6.19. The fourth-order valence-electron chi connectivity index (χ4n) is 2.79. The summed E-state index contributed by atoms with van der Waals surface area (Å²) in [5, 5.41) is 3.38. The van der Waals surface area contributed by atoms with Gasteiger partial charge >= 0.3 is 0 Å². The molecule has 3 heterocycles. The molecule has 0 radical (unpaired) electrons. The van der Waals surface area contributed by atoms with Crippen LogP contribution >= 0.6 is 0 Å². The number of aromatic nitrogens is 3. The molecule has 1 N–H and O–H groups in total. The first-order valence-electron chi connectivity index (χ1n) is 8.84. The molecule has 3 rings (SSSR count). The lowest BCUT2D eigenvalue weighted by atomic mass is 10.3. The molecule has 0 unspecified atom stereocenters. The quantitative estimate of drug-likeness (QED) is 0.637. The van der Waals surface area contributed by atoms with Crippen molar-refractivity contribution in [3.8, 4) is 5.88 Å². The van der Waals surface area contributed by atoms with Gasteiger partial charge in [0.15, 0.2) is 5.96 Å². The number of guanidine groups is 1. The first-order chi connectivity index (χ1) is 12.8. The fourth-order valence-corrected chi connectivity index (χ4v) is 2.79. The zero-order chi connectivity index (χ0) is 18.2. The summed E-state index contributed by atoms with van der Waals surface area (Å²) in [6.07, 6.45) is 5.36. The van der Waals surface area contributed by atoms with Crippen LogP contribution in [0.2, 0.25) is 0 Å². The van der Waals surface area contributed by atoms with Crippen molar-refractivity contribution >= 4 is 11.9 Å². The molecule has 0 aromatic carbocycles. The molecule has 0 atom stereocenters. The van der Waals surface area contributed by atoms with E-state index in [1.807, 2.05) is 18.2 Å². The molecule has 2 aromatic rings. The summed E-state index contributed by atoms with van der Waals surface area (Å²) < 4.78 is 5.09. The largest absolute Gasteiger partial charge is 0.481 e. The van der Waals surface area contributed by atoms with Gasteiger partial charge in [-0.25, -0.2) is 19.9 Å². The number of hydrogen-bond donors (Lipinski definition) is 1. The molecule has 1 aliphatic rings. The second-order valence-corrected chi connectivity index (χ2v) is 5.90. The molecule has 8 nitrogen and oxygen atoms in total. The minimum Gasteiger partial charge on any atom is -0.481 e. The van der Waals surface area contributed by atoms with Gasteiger partial charge in [0.25, 0.3) is 0 Å². The Balaban J connectivity index is 1.60. The summed E-state index contributed by atoms with van der Waals surface area (Å²) in [5.74, 6) is 2.33. The Bertz CT molecular complexity index is 697. The van der Waals surface area contributed by atoms with Gasteiger partial charge < -0.3 is 19.9 Å². The van der Waals surface area contributed by atoms with Gasteiger partial charge in [-0.05, 0) is 18.6 Å². The van der Waals surface area contributed by atoms with Gasteiger partial charge in [0.05, 0.1) is 13.7 Å². The van der Waals surface area contributed by atoms with Gasteiger partial charge in [0.2, 0.25) is 11.8 Å². The Hall–Kier alpha value is -2.90. The standard InChI is InChI=1S/C18H25N7O/c1-3-19-17(23-14-15-5-6-16(26-2)22-13-15)24-9-11-25(12-10-24)18-20-7-4-8-21-18/h4-8,13H,3,9-12,14H2,1-2H3,(H,19,23). The molecule has 0 saturated carbocycles. The second-order valence-electron chi connectivity index (χ2n) is 5.90. The molecule has 26 heavy (non-hydrogen) atoms. The second kappa shape index (κ2) is 8.98. The maximum atomic E-state index is 5.09. The molecule has 1 aliphatic heterocycles. The lowest BCUT2D eigenvalue weighted by Crippen LogP contribution is -2.52. The lowest BCUT2D eigenvalue weighted by molar-refractivity contribution is 0.370. The van der Waals surface area contributed by atoms with E-state index in [0.717, 1.165) is 50.2 Å². The highest BCUT2D eigenvalue weighted by Gasteiger charge is 2.20. The van der Waals surface area contributed by atoms with Crippen LogP contribution in [0, 0.1) is 0 Å². The number of methoxy groups -OCH3 is 1. The maximum absolute atomic E-state index is 5.09. The average molecular weight is 355 g/mol. The highest BCUT2D eigenvalue weighted by molar-refractivity contribution is 5.80. The first-order valence-corrected chi connectivity index (χ1v) is 8.84. The number of rotatable bonds is 5. The fraction of sp³-hybridized carbons (Fsp3) is 0.444. The van der Waals surface area contributed by atoms with Crippen molar-refractivity contribution < 1.29 is 4.74 Å². The number of pyridine rings is 1. The van der Waals surface area contributed by atoms with Crippen LogP contribution in [0.4, 0.5) is 5.95 Å². The predicted molar refractivity (Wildman–Crippen MR) is 101 cm³/mol. The van der Waals surface area contributed by atoms with Crippen molar-refractivity contribution in [1.82, 2.24) is 25.2 Å². The third-order valence-electron chi connectivity index (χ3n) is 4.17. The molecule has 1 saturated heterocycles. The number of nitrogens with zero attached hydrogens (tertiary/aromatic N) is 6. The van der Waals surface area contributed by atoms with Crippen LogP contribution in [0.25, 0.3) is 0 Å². The van der Waals surface area contributed by atoms with E-state index in [0.29, 0.717) is 12.4 Å². The molecule has 1 fully saturated rings. The van der Waals surface area contributed by atoms with E-state index in [9.17, 15) is 0 Å². The molecular weight excluding hydrogens is 330 g/mol. The normalized spacial score (nSPS) is 15.1. The maximum Gasteiger partial charge on any atom is 0.225 e. The van der Waals surface area contributed by atoms with Crippen LogP contribution in [-0.4, -0.2) is 65.6 Å². The summed E-state index contributed by atoms with van der Waals surface area (Å²) >= 11 is 0. The first kappa shape index (κ1) is 17.9. The van der Waals surface area contributed by atoms with Crippen molar-refractivity contribution in [2.45, 2.75) is 13.5 Å². The summed E-state index contributed by atoms with van der Waals surface area (Å²) in [4.78, 5) is 22.1. The minimum absolute atomic E-state index is 0.585. The number of anilines is 1. The van der Waals surface area contributed by atoms with Gasteiger partial charge in [-0.1, -0.05) is 6.07 Å². The Morgan fingerprint density at radius 1 is 1.15 bits per heavy atom. The summed E-state index contributed by atoms with van der Waals surface area (Å²) in [6.45, 7) is 7.01. The molecule has 0 amide bonds. The number of hydrogen-bond acceptors (Lipinski definition) is 6.